The molecule has 2 aromatic rings. The van der Waals surface area contributed by atoms with E-state index in [1.165, 1.54) is 29.5 Å². The molecule has 0 fully saturated rings. The summed E-state index contributed by atoms with van der Waals surface area (Å²) in [4.78, 5) is 0.806. The van der Waals surface area contributed by atoms with Gasteiger partial charge in [-0.15, -0.1) is 11.3 Å². The van der Waals surface area contributed by atoms with Crippen molar-refractivity contribution in [3.8, 4) is 0 Å². The summed E-state index contributed by atoms with van der Waals surface area (Å²) in [7, 11) is -3.78. The first kappa shape index (κ1) is 14.5. The lowest BCUT2D eigenvalue weighted by Crippen LogP contribution is -2.15. The summed E-state index contributed by atoms with van der Waals surface area (Å²) in [6, 6.07) is 5.92. The van der Waals surface area contributed by atoms with Crippen LogP contribution < -0.4 is 4.72 Å². The van der Waals surface area contributed by atoms with Gasteiger partial charge in [0, 0.05) is 4.88 Å². The maximum absolute atomic E-state index is 13.7. The minimum Gasteiger partial charge on any atom is -0.276 e. The Labute approximate surface area is 123 Å². The first-order valence-corrected chi connectivity index (χ1v) is 8.44. The molecule has 0 saturated heterocycles. The molecular weight excluding hydrogens is 353 g/mol. The van der Waals surface area contributed by atoms with Crippen LogP contribution in [0, 0.1) is 19.7 Å². The van der Waals surface area contributed by atoms with Crippen LogP contribution in [0.1, 0.15) is 10.4 Å². The summed E-state index contributed by atoms with van der Waals surface area (Å²) < 4.78 is 41.2. The zero-order valence-corrected chi connectivity index (χ0v) is 13.4. The fourth-order valence-corrected chi connectivity index (χ4v) is 5.20. The van der Waals surface area contributed by atoms with Crippen LogP contribution in [0.2, 0.25) is 0 Å². The Kier molecular flexibility index (Phi) is 3.98. The number of hydrogen-bond donors (Lipinski definition) is 1. The Morgan fingerprint density at radius 1 is 1.32 bits per heavy atom. The molecule has 0 bridgehead atoms. The van der Waals surface area contributed by atoms with Gasteiger partial charge in [-0.3, -0.25) is 4.72 Å². The van der Waals surface area contributed by atoms with Gasteiger partial charge in [-0.25, -0.2) is 12.8 Å². The zero-order valence-electron chi connectivity index (χ0n) is 10.2. The topological polar surface area (TPSA) is 46.2 Å². The maximum atomic E-state index is 13.7. The van der Waals surface area contributed by atoms with E-state index in [0.717, 1.165) is 3.79 Å². The molecule has 3 nitrogen and oxygen atoms in total. The number of hydrogen-bond acceptors (Lipinski definition) is 3. The molecule has 1 heterocycles. The third-order valence-corrected chi connectivity index (χ3v) is 5.75. The van der Waals surface area contributed by atoms with Crippen LogP contribution in [0.15, 0.2) is 32.9 Å². The number of halogens is 2. The van der Waals surface area contributed by atoms with Crippen molar-refractivity contribution in [1.82, 2.24) is 0 Å². The standard InChI is InChI=1S/C12H11BrFNO2S2/c1-7-4-3-5-9(14)12(7)15-19(16,17)10-6-11(13)18-8(10)2/h3-6,15H,1-2H3. The van der Waals surface area contributed by atoms with Crippen LogP contribution in [0.3, 0.4) is 0 Å². The van der Waals surface area contributed by atoms with Crippen molar-refractivity contribution in [3.63, 3.8) is 0 Å². The largest absolute Gasteiger partial charge is 0.276 e. The Morgan fingerprint density at radius 3 is 2.53 bits per heavy atom. The molecule has 1 aromatic carbocycles. The van der Waals surface area contributed by atoms with E-state index in [-0.39, 0.29) is 10.6 Å². The van der Waals surface area contributed by atoms with Crippen LogP contribution in [0.5, 0.6) is 0 Å². The summed E-state index contributed by atoms with van der Waals surface area (Å²) >= 11 is 4.56. The van der Waals surface area contributed by atoms with Gasteiger partial charge in [0.15, 0.2) is 0 Å². The average molecular weight is 364 g/mol. The fourth-order valence-electron chi connectivity index (χ4n) is 1.65. The minimum absolute atomic E-state index is 0.00998. The monoisotopic (exact) mass is 363 g/mol. The van der Waals surface area contributed by atoms with Crippen molar-refractivity contribution in [1.29, 1.82) is 0 Å². The molecule has 1 N–H and O–H groups in total. The van der Waals surface area contributed by atoms with Crippen molar-refractivity contribution in [2.45, 2.75) is 18.7 Å². The highest BCUT2D eigenvalue weighted by atomic mass is 79.9. The summed E-state index contributed by atoms with van der Waals surface area (Å²) in [6.07, 6.45) is 0. The van der Waals surface area contributed by atoms with Gasteiger partial charge >= 0.3 is 0 Å². The molecular formula is C12H11BrFNO2S2. The van der Waals surface area contributed by atoms with Crippen molar-refractivity contribution < 1.29 is 12.8 Å². The third kappa shape index (κ3) is 2.98. The molecule has 0 atom stereocenters. The minimum atomic E-state index is -3.78. The molecule has 0 radical (unpaired) electrons. The van der Waals surface area contributed by atoms with E-state index in [4.69, 9.17) is 0 Å². The summed E-state index contributed by atoms with van der Waals surface area (Å²) in [5.74, 6) is -0.587. The van der Waals surface area contributed by atoms with Crippen LogP contribution in [0.25, 0.3) is 0 Å². The highest BCUT2D eigenvalue weighted by Gasteiger charge is 2.21. The fraction of sp³-hybridized carbons (Fsp3) is 0.167. The number of nitrogens with one attached hydrogen (secondary N) is 1. The predicted octanol–water partition coefficient (Wildman–Crippen LogP) is 4.07. The van der Waals surface area contributed by atoms with Crippen LogP contribution in [0.4, 0.5) is 10.1 Å². The Morgan fingerprint density at radius 2 is 2.00 bits per heavy atom. The normalized spacial score (nSPS) is 11.6. The second kappa shape index (κ2) is 5.22. The van der Waals surface area contributed by atoms with Gasteiger partial charge in [0.25, 0.3) is 10.0 Å². The molecule has 7 heteroatoms. The lowest BCUT2D eigenvalue weighted by Gasteiger charge is -2.11. The van der Waals surface area contributed by atoms with Gasteiger partial charge in [-0.05, 0) is 47.5 Å². The number of aryl methyl sites for hydroxylation is 2. The van der Waals surface area contributed by atoms with Crippen molar-refractivity contribution in [2.75, 3.05) is 4.72 Å². The van der Waals surface area contributed by atoms with E-state index in [1.807, 2.05) is 0 Å². The van der Waals surface area contributed by atoms with Gasteiger partial charge in [0.05, 0.1) is 9.47 Å². The molecule has 0 unspecified atom stereocenters. The molecule has 19 heavy (non-hydrogen) atoms. The molecule has 0 amide bonds. The molecule has 0 saturated carbocycles. The number of benzene rings is 1. The van der Waals surface area contributed by atoms with Crippen molar-refractivity contribution in [2.24, 2.45) is 0 Å². The van der Waals surface area contributed by atoms with Gasteiger partial charge in [0.2, 0.25) is 0 Å². The maximum Gasteiger partial charge on any atom is 0.263 e. The van der Waals surface area contributed by atoms with Crippen molar-refractivity contribution >= 4 is 43.0 Å². The Hall–Kier alpha value is -0.920. The van der Waals surface area contributed by atoms with E-state index in [1.54, 1.807) is 19.9 Å². The molecule has 2 rings (SSSR count). The summed E-state index contributed by atoms with van der Waals surface area (Å²) in [6.45, 7) is 3.36. The molecule has 0 spiro atoms. The van der Waals surface area contributed by atoms with E-state index < -0.39 is 15.8 Å². The highest BCUT2D eigenvalue weighted by molar-refractivity contribution is 9.11. The third-order valence-electron chi connectivity index (χ3n) is 2.59. The van der Waals surface area contributed by atoms with E-state index in [0.29, 0.717) is 10.4 Å². The molecule has 0 aliphatic rings. The first-order valence-electron chi connectivity index (χ1n) is 5.35. The van der Waals surface area contributed by atoms with Gasteiger partial charge in [-0.1, -0.05) is 12.1 Å². The highest BCUT2D eigenvalue weighted by Crippen LogP contribution is 2.31. The molecule has 1 aromatic heterocycles. The predicted molar refractivity (Wildman–Crippen MR) is 78.7 cm³/mol. The molecule has 0 aliphatic heterocycles. The van der Waals surface area contributed by atoms with Crippen LogP contribution >= 0.6 is 27.3 Å². The van der Waals surface area contributed by atoms with Gasteiger partial charge < -0.3 is 0 Å². The molecule has 0 aliphatic carbocycles. The average Bonchev–Trinajstić information content (AvgIpc) is 2.64. The smallest absolute Gasteiger partial charge is 0.263 e. The van der Waals surface area contributed by atoms with Gasteiger partial charge in [0.1, 0.15) is 10.7 Å². The van der Waals surface area contributed by atoms with E-state index in [9.17, 15) is 12.8 Å². The van der Waals surface area contributed by atoms with Gasteiger partial charge in [-0.2, -0.15) is 0 Å². The Bertz CT molecular complexity index is 705. The zero-order chi connectivity index (χ0) is 14.2. The number of anilines is 1. The number of rotatable bonds is 3. The second-order valence-corrected chi connectivity index (χ2v) is 8.29. The molecule has 102 valence electrons. The van der Waals surface area contributed by atoms with E-state index in [2.05, 4.69) is 20.7 Å². The quantitative estimate of drug-likeness (QED) is 0.893. The number of sulfonamides is 1. The summed E-state index contributed by atoms with van der Waals surface area (Å²) in [5, 5.41) is 0. The summed E-state index contributed by atoms with van der Waals surface area (Å²) in [5.41, 5.74) is 0.528. The first-order chi connectivity index (χ1) is 8.81. The van der Waals surface area contributed by atoms with E-state index >= 15 is 0 Å². The van der Waals surface area contributed by atoms with Crippen LogP contribution in [-0.4, -0.2) is 8.42 Å². The lowest BCUT2D eigenvalue weighted by molar-refractivity contribution is 0.598. The van der Waals surface area contributed by atoms with Crippen LogP contribution in [-0.2, 0) is 10.0 Å². The number of para-hydroxylation sites is 1. The Balaban J connectivity index is 2.45. The lowest BCUT2D eigenvalue weighted by atomic mass is 10.2. The second-order valence-electron chi connectivity index (χ2n) is 4.01. The SMILES string of the molecule is Cc1cccc(F)c1NS(=O)(=O)c1cc(Br)sc1C. The van der Waals surface area contributed by atoms with Crippen molar-refractivity contribution in [3.05, 3.63) is 44.3 Å². The number of thiophene rings is 1.